The lowest BCUT2D eigenvalue weighted by atomic mass is 10.6. The van der Waals surface area contributed by atoms with Crippen LogP contribution < -0.4 is 5.73 Å². The lowest BCUT2D eigenvalue weighted by molar-refractivity contribution is 0.401. The van der Waals surface area contributed by atoms with Gasteiger partial charge in [-0.05, 0) is 0 Å². The first-order chi connectivity index (χ1) is 9.15. The fourth-order valence-corrected chi connectivity index (χ4v) is 7.41. The molecule has 1 aliphatic heterocycles. The van der Waals surface area contributed by atoms with Gasteiger partial charge in [-0.15, -0.1) is 0 Å². The maximum atomic E-state index is 12.7. The molecule has 1 fully saturated rings. The van der Waals surface area contributed by atoms with Crippen molar-refractivity contribution >= 4 is 37.4 Å². The number of hydrogen-bond donors (Lipinski definition) is 1. The summed E-state index contributed by atoms with van der Waals surface area (Å²) in [6.45, 7) is 0.134. The van der Waals surface area contributed by atoms with E-state index in [0.29, 0.717) is 5.75 Å². The molecule has 1 aromatic heterocycles. The van der Waals surface area contributed by atoms with Crippen molar-refractivity contribution in [1.29, 1.82) is 0 Å². The summed E-state index contributed by atoms with van der Waals surface area (Å²) < 4.78 is 51.2. The van der Waals surface area contributed by atoms with Crippen LogP contribution in [0.2, 0.25) is 0 Å². The molecule has 20 heavy (non-hydrogen) atoms. The Balaban J connectivity index is 2.52. The highest BCUT2D eigenvalue weighted by molar-refractivity contribution is 8.01. The van der Waals surface area contributed by atoms with Gasteiger partial charge in [-0.1, -0.05) is 0 Å². The number of hydrogen-bond acceptors (Lipinski definition) is 7. The summed E-state index contributed by atoms with van der Waals surface area (Å²) in [5, 5.41) is -1.24. The van der Waals surface area contributed by atoms with Crippen molar-refractivity contribution in [3.63, 3.8) is 0 Å². The number of nitrogens with two attached hydrogens (primary N) is 1. The number of anilines is 1. The van der Waals surface area contributed by atoms with Crippen molar-refractivity contribution in [2.75, 3.05) is 30.0 Å². The summed E-state index contributed by atoms with van der Waals surface area (Å²) in [6.07, 6.45) is 2.33. The Labute approximate surface area is 122 Å². The van der Waals surface area contributed by atoms with Gasteiger partial charge in [-0.2, -0.15) is 16.1 Å². The van der Waals surface area contributed by atoms with Crippen LogP contribution in [0.4, 0.5) is 5.82 Å². The molecule has 8 nitrogen and oxygen atoms in total. The molecule has 1 aliphatic rings. The van der Waals surface area contributed by atoms with Crippen LogP contribution in [0.15, 0.2) is 11.4 Å². The van der Waals surface area contributed by atoms with Crippen LogP contribution in [0.25, 0.3) is 0 Å². The second-order valence-corrected chi connectivity index (χ2v) is 9.68. The fraction of sp³-hybridized carbons (Fsp3) is 0.667. The minimum absolute atomic E-state index is 0.127. The number of sulfone groups is 1. The molecule has 0 radical (unpaired) electrons. The molecule has 1 atom stereocenters. The first kappa shape index (κ1) is 15.6. The molecule has 2 N–H and O–H groups in total. The highest BCUT2D eigenvalue weighted by atomic mass is 32.2. The third-order valence-corrected chi connectivity index (χ3v) is 7.81. The maximum Gasteiger partial charge on any atom is 0.263 e. The summed E-state index contributed by atoms with van der Waals surface area (Å²) in [5.41, 5.74) is 5.60. The monoisotopic (exact) mass is 340 g/mol. The Kier molecular flexibility index (Phi) is 4.06. The van der Waals surface area contributed by atoms with Crippen LogP contribution in [-0.2, 0) is 26.9 Å². The lowest BCUT2D eigenvalue weighted by Crippen LogP contribution is -2.50. The highest BCUT2D eigenvalue weighted by Gasteiger charge is 2.41. The zero-order valence-corrected chi connectivity index (χ0v) is 13.5. The molecule has 0 bridgehead atoms. The molecule has 2 heterocycles. The molecule has 0 aliphatic carbocycles. The zero-order valence-electron chi connectivity index (χ0n) is 11.1. The largest absolute Gasteiger partial charge is 0.381 e. The minimum Gasteiger partial charge on any atom is -0.381 e. The standard InChI is InChI=1S/C9H16N4O4S3/c1-12-6-11-8(10)9(12)20(16,17)13-3-4-18-5-7(13)19(2,14)15/h6-7H,3-5,10H2,1-2H3. The van der Waals surface area contributed by atoms with Crippen molar-refractivity contribution in [2.45, 2.75) is 10.4 Å². The van der Waals surface area contributed by atoms with E-state index in [1.54, 1.807) is 0 Å². The Morgan fingerprint density at radius 3 is 2.55 bits per heavy atom. The summed E-state index contributed by atoms with van der Waals surface area (Å²) in [7, 11) is -6.01. The van der Waals surface area contributed by atoms with Crippen molar-refractivity contribution in [3.05, 3.63) is 6.33 Å². The Morgan fingerprint density at radius 1 is 1.40 bits per heavy atom. The van der Waals surface area contributed by atoms with Gasteiger partial charge in [0.05, 0.1) is 6.33 Å². The number of imidazole rings is 1. The van der Waals surface area contributed by atoms with E-state index in [4.69, 9.17) is 5.73 Å². The molecule has 114 valence electrons. The van der Waals surface area contributed by atoms with E-state index < -0.39 is 25.2 Å². The summed E-state index contributed by atoms with van der Waals surface area (Å²) in [4.78, 5) is 3.74. The molecule has 11 heteroatoms. The van der Waals surface area contributed by atoms with E-state index in [2.05, 4.69) is 4.98 Å². The summed E-state index contributed by atoms with van der Waals surface area (Å²) in [6, 6.07) is 0. The van der Waals surface area contributed by atoms with Gasteiger partial charge in [0, 0.05) is 31.4 Å². The molecule has 2 rings (SSSR count). The number of nitrogen functional groups attached to an aromatic ring is 1. The topological polar surface area (TPSA) is 115 Å². The van der Waals surface area contributed by atoms with Gasteiger partial charge < -0.3 is 10.3 Å². The molecule has 1 aromatic rings. The SMILES string of the molecule is Cn1cnc(N)c1S(=O)(=O)N1CCSCC1S(C)(=O)=O. The van der Waals surface area contributed by atoms with E-state index in [-0.39, 0.29) is 23.1 Å². The molecule has 1 unspecified atom stereocenters. The first-order valence-electron chi connectivity index (χ1n) is 5.71. The average molecular weight is 340 g/mol. The van der Waals surface area contributed by atoms with Gasteiger partial charge in [0.1, 0.15) is 5.37 Å². The van der Waals surface area contributed by atoms with E-state index >= 15 is 0 Å². The van der Waals surface area contributed by atoms with Gasteiger partial charge in [-0.3, -0.25) is 0 Å². The van der Waals surface area contributed by atoms with Crippen molar-refractivity contribution in [3.8, 4) is 0 Å². The van der Waals surface area contributed by atoms with Crippen LogP contribution in [0.3, 0.4) is 0 Å². The van der Waals surface area contributed by atoms with Gasteiger partial charge in [0.25, 0.3) is 10.0 Å². The predicted molar refractivity (Wildman–Crippen MR) is 77.5 cm³/mol. The number of aryl methyl sites for hydroxylation is 1. The number of aromatic nitrogens is 2. The molecule has 0 spiro atoms. The molecule has 0 aromatic carbocycles. The molecule has 0 saturated carbocycles. The van der Waals surface area contributed by atoms with E-state index in [1.807, 2.05) is 0 Å². The van der Waals surface area contributed by atoms with Crippen molar-refractivity contribution < 1.29 is 16.8 Å². The van der Waals surface area contributed by atoms with E-state index in [9.17, 15) is 16.8 Å². The lowest BCUT2D eigenvalue weighted by Gasteiger charge is -2.32. The van der Waals surface area contributed by atoms with Crippen molar-refractivity contribution in [2.24, 2.45) is 7.05 Å². The third kappa shape index (κ3) is 2.67. The zero-order chi connectivity index (χ0) is 15.1. The normalized spacial score (nSPS) is 22.0. The van der Waals surface area contributed by atoms with Gasteiger partial charge in [0.15, 0.2) is 20.7 Å². The van der Waals surface area contributed by atoms with Crippen LogP contribution in [0, 0.1) is 0 Å². The maximum absolute atomic E-state index is 12.7. The Morgan fingerprint density at radius 2 is 2.05 bits per heavy atom. The fourth-order valence-electron chi connectivity index (χ4n) is 2.04. The average Bonchev–Trinajstić information content (AvgIpc) is 2.68. The van der Waals surface area contributed by atoms with E-state index in [1.165, 1.54) is 29.7 Å². The van der Waals surface area contributed by atoms with Gasteiger partial charge >= 0.3 is 0 Å². The van der Waals surface area contributed by atoms with Crippen molar-refractivity contribution in [1.82, 2.24) is 13.9 Å². The van der Waals surface area contributed by atoms with E-state index in [0.717, 1.165) is 10.6 Å². The van der Waals surface area contributed by atoms with Crippen LogP contribution in [0.5, 0.6) is 0 Å². The number of nitrogens with zero attached hydrogens (tertiary/aromatic N) is 3. The first-order valence-corrected chi connectivity index (χ1v) is 10.3. The van der Waals surface area contributed by atoms with Crippen LogP contribution >= 0.6 is 11.8 Å². The summed E-state index contributed by atoms with van der Waals surface area (Å²) in [5.74, 6) is 0.636. The minimum atomic E-state index is -4.00. The summed E-state index contributed by atoms with van der Waals surface area (Å²) >= 11 is 1.42. The highest BCUT2D eigenvalue weighted by Crippen LogP contribution is 2.28. The van der Waals surface area contributed by atoms with Gasteiger partial charge in [0.2, 0.25) is 0 Å². The number of thioether (sulfide) groups is 1. The Bertz CT molecular complexity index is 690. The molecule has 0 amide bonds. The second kappa shape index (κ2) is 5.20. The quantitative estimate of drug-likeness (QED) is 0.759. The van der Waals surface area contributed by atoms with Crippen LogP contribution in [-0.4, -0.2) is 60.4 Å². The predicted octanol–water partition coefficient (Wildman–Crippen LogP) is -0.889. The smallest absolute Gasteiger partial charge is 0.263 e. The molecular weight excluding hydrogens is 324 g/mol. The molecule has 1 saturated heterocycles. The van der Waals surface area contributed by atoms with Crippen LogP contribution in [0.1, 0.15) is 0 Å². The third-order valence-electron chi connectivity index (χ3n) is 2.99. The number of sulfonamides is 1. The Hall–Kier alpha value is -0.780. The second-order valence-electron chi connectivity index (χ2n) is 4.52. The number of rotatable bonds is 3. The molecular formula is C9H16N4O4S3. The van der Waals surface area contributed by atoms with Gasteiger partial charge in [-0.25, -0.2) is 21.8 Å².